The molecule has 0 aromatic heterocycles. The highest BCUT2D eigenvalue weighted by molar-refractivity contribution is 6.31. The largest absolute Gasteiger partial charge is 0.507 e. The van der Waals surface area contributed by atoms with Crippen molar-refractivity contribution >= 4 is 23.4 Å². The molecular weight excluding hydrogens is 256 g/mol. The summed E-state index contributed by atoms with van der Waals surface area (Å²) in [5.74, 6) is -1.10. The molecule has 1 unspecified atom stereocenters. The molecule has 1 aliphatic heterocycles. The smallest absolute Gasteiger partial charge is 0.258 e. The van der Waals surface area contributed by atoms with E-state index in [-0.39, 0.29) is 11.3 Å². The van der Waals surface area contributed by atoms with Crippen molar-refractivity contribution in [2.75, 3.05) is 6.54 Å². The Morgan fingerprint density at radius 1 is 1.44 bits per heavy atom. The molecular formula is C12H13ClN2O3. The van der Waals surface area contributed by atoms with E-state index in [9.17, 15) is 14.7 Å². The lowest BCUT2D eigenvalue weighted by atomic mass is 10.1. The summed E-state index contributed by atoms with van der Waals surface area (Å²) in [6.07, 6.45) is 1.28. The van der Waals surface area contributed by atoms with Crippen molar-refractivity contribution < 1.29 is 14.7 Å². The molecule has 1 fully saturated rings. The van der Waals surface area contributed by atoms with Gasteiger partial charge in [-0.15, -0.1) is 0 Å². The fourth-order valence-electron chi connectivity index (χ4n) is 2.14. The lowest BCUT2D eigenvalue weighted by Crippen LogP contribution is -2.43. The average Bonchev–Trinajstić information content (AvgIpc) is 2.80. The Bertz CT molecular complexity index is 504. The number of carbonyl (C=O) groups excluding carboxylic acids is 2. The highest BCUT2D eigenvalue weighted by atomic mass is 35.5. The summed E-state index contributed by atoms with van der Waals surface area (Å²) in [7, 11) is 0. The van der Waals surface area contributed by atoms with E-state index in [0.717, 1.165) is 6.42 Å². The summed E-state index contributed by atoms with van der Waals surface area (Å²) in [5.41, 5.74) is 5.34. The molecule has 1 atom stereocenters. The van der Waals surface area contributed by atoms with Crippen LogP contribution in [0.3, 0.4) is 0 Å². The molecule has 5 nitrogen and oxygen atoms in total. The number of benzene rings is 1. The first-order chi connectivity index (χ1) is 8.50. The second kappa shape index (κ2) is 4.86. The summed E-state index contributed by atoms with van der Waals surface area (Å²) < 4.78 is 0. The predicted molar refractivity (Wildman–Crippen MR) is 66.4 cm³/mol. The minimum absolute atomic E-state index is 0.0932. The summed E-state index contributed by atoms with van der Waals surface area (Å²) in [5, 5.41) is 10.0. The van der Waals surface area contributed by atoms with E-state index in [4.69, 9.17) is 17.3 Å². The highest BCUT2D eigenvalue weighted by Crippen LogP contribution is 2.26. The third kappa shape index (κ3) is 2.26. The molecule has 1 aromatic rings. The first kappa shape index (κ1) is 12.7. The molecule has 0 bridgehead atoms. The van der Waals surface area contributed by atoms with E-state index in [1.807, 2.05) is 0 Å². The van der Waals surface area contributed by atoms with Crippen LogP contribution in [0.4, 0.5) is 0 Å². The molecule has 1 heterocycles. The molecule has 6 heteroatoms. The lowest BCUT2D eigenvalue weighted by Gasteiger charge is -2.22. The Morgan fingerprint density at radius 3 is 2.83 bits per heavy atom. The van der Waals surface area contributed by atoms with Gasteiger partial charge in [0.15, 0.2) is 0 Å². The van der Waals surface area contributed by atoms with Gasteiger partial charge in [0, 0.05) is 11.6 Å². The minimum Gasteiger partial charge on any atom is -0.507 e. The SMILES string of the molecule is NC(=O)C1CCCN1C(=O)c1cc(Cl)ccc1O. The van der Waals surface area contributed by atoms with Gasteiger partial charge in [0.1, 0.15) is 11.8 Å². The van der Waals surface area contributed by atoms with Gasteiger partial charge in [-0.3, -0.25) is 9.59 Å². The van der Waals surface area contributed by atoms with E-state index in [1.165, 1.54) is 23.1 Å². The number of carbonyl (C=O) groups is 2. The zero-order chi connectivity index (χ0) is 13.3. The van der Waals surface area contributed by atoms with E-state index in [1.54, 1.807) is 0 Å². The second-order valence-corrected chi connectivity index (χ2v) is 4.66. The molecule has 1 aromatic carbocycles. The summed E-state index contributed by atoms with van der Waals surface area (Å²) >= 11 is 5.79. The van der Waals surface area contributed by atoms with Crippen LogP contribution < -0.4 is 5.73 Å². The molecule has 2 amide bonds. The Balaban J connectivity index is 2.31. The lowest BCUT2D eigenvalue weighted by molar-refractivity contribution is -0.121. The van der Waals surface area contributed by atoms with Crippen LogP contribution in [0, 0.1) is 0 Å². The quantitative estimate of drug-likeness (QED) is 0.843. The van der Waals surface area contributed by atoms with Crippen LogP contribution in [-0.2, 0) is 4.79 Å². The second-order valence-electron chi connectivity index (χ2n) is 4.22. The first-order valence-corrected chi connectivity index (χ1v) is 5.97. The number of aromatic hydroxyl groups is 1. The zero-order valence-corrected chi connectivity index (χ0v) is 10.4. The number of primary amides is 1. The topological polar surface area (TPSA) is 83.6 Å². The minimum atomic E-state index is -0.601. The highest BCUT2D eigenvalue weighted by Gasteiger charge is 2.34. The van der Waals surface area contributed by atoms with Gasteiger partial charge in [0.2, 0.25) is 5.91 Å². The molecule has 96 valence electrons. The van der Waals surface area contributed by atoms with Crippen molar-refractivity contribution in [3.8, 4) is 5.75 Å². The Labute approximate surface area is 109 Å². The van der Waals surface area contributed by atoms with Gasteiger partial charge in [0.25, 0.3) is 5.91 Å². The molecule has 0 spiro atoms. The predicted octanol–water partition coefficient (Wildman–Crippen LogP) is 1.14. The number of phenolic OH excluding ortho intramolecular Hbond substituents is 1. The maximum absolute atomic E-state index is 12.2. The van der Waals surface area contributed by atoms with E-state index < -0.39 is 17.9 Å². The van der Waals surface area contributed by atoms with Gasteiger partial charge in [-0.05, 0) is 31.0 Å². The number of hydrogen-bond donors (Lipinski definition) is 2. The van der Waals surface area contributed by atoms with Crippen LogP contribution in [0.15, 0.2) is 18.2 Å². The van der Waals surface area contributed by atoms with Crippen molar-refractivity contribution in [2.24, 2.45) is 5.73 Å². The molecule has 1 aliphatic rings. The van der Waals surface area contributed by atoms with Crippen molar-refractivity contribution in [3.05, 3.63) is 28.8 Å². The fraction of sp³-hybridized carbons (Fsp3) is 0.333. The maximum Gasteiger partial charge on any atom is 0.258 e. The molecule has 0 aliphatic carbocycles. The van der Waals surface area contributed by atoms with Crippen LogP contribution >= 0.6 is 11.6 Å². The molecule has 3 N–H and O–H groups in total. The number of nitrogens with two attached hydrogens (primary N) is 1. The number of phenols is 1. The number of halogens is 1. The molecule has 0 saturated carbocycles. The van der Waals surface area contributed by atoms with Crippen LogP contribution in [0.25, 0.3) is 0 Å². The number of nitrogens with zero attached hydrogens (tertiary/aromatic N) is 1. The van der Waals surface area contributed by atoms with Crippen molar-refractivity contribution in [3.63, 3.8) is 0 Å². The fourth-order valence-corrected chi connectivity index (χ4v) is 2.31. The number of likely N-dealkylation sites (tertiary alicyclic amines) is 1. The third-order valence-corrected chi connectivity index (χ3v) is 3.27. The van der Waals surface area contributed by atoms with Crippen molar-refractivity contribution in [1.29, 1.82) is 0 Å². The van der Waals surface area contributed by atoms with Gasteiger partial charge in [0.05, 0.1) is 5.56 Å². The van der Waals surface area contributed by atoms with Gasteiger partial charge >= 0.3 is 0 Å². The Hall–Kier alpha value is -1.75. The summed E-state index contributed by atoms with van der Waals surface area (Å²) in [6.45, 7) is 0.457. The van der Waals surface area contributed by atoms with Gasteiger partial charge in [-0.25, -0.2) is 0 Å². The maximum atomic E-state index is 12.2. The van der Waals surface area contributed by atoms with Crippen molar-refractivity contribution in [1.82, 2.24) is 4.90 Å². The monoisotopic (exact) mass is 268 g/mol. The van der Waals surface area contributed by atoms with Crippen molar-refractivity contribution in [2.45, 2.75) is 18.9 Å². The van der Waals surface area contributed by atoms with Gasteiger partial charge < -0.3 is 15.7 Å². The van der Waals surface area contributed by atoms with E-state index >= 15 is 0 Å². The van der Waals surface area contributed by atoms with Crippen LogP contribution in [0.2, 0.25) is 5.02 Å². The Morgan fingerprint density at radius 2 is 2.17 bits per heavy atom. The van der Waals surface area contributed by atoms with Crippen LogP contribution in [-0.4, -0.2) is 34.4 Å². The first-order valence-electron chi connectivity index (χ1n) is 5.59. The van der Waals surface area contributed by atoms with Crippen LogP contribution in [0.1, 0.15) is 23.2 Å². The standard InChI is InChI=1S/C12H13ClN2O3/c13-7-3-4-10(16)8(6-7)12(18)15-5-1-2-9(15)11(14)17/h3-4,6,9,16H,1-2,5H2,(H2,14,17). The van der Waals surface area contributed by atoms with Gasteiger partial charge in [-0.1, -0.05) is 11.6 Å². The number of hydrogen-bond acceptors (Lipinski definition) is 3. The van der Waals surface area contributed by atoms with E-state index in [2.05, 4.69) is 0 Å². The van der Waals surface area contributed by atoms with Gasteiger partial charge in [-0.2, -0.15) is 0 Å². The molecule has 0 radical (unpaired) electrons. The Kier molecular flexibility index (Phi) is 3.43. The summed E-state index contributed by atoms with van der Waals surface area (Å²) in [6, 6.07) is 3.62. The zero-order valence-electron chi connectivity index (χ0n) is 9.60. The summed E-state index contributed by atoms with van der Waals surface area (Å²) in [4.78, 5) is 24.9. The third-order valence-electron chi connectivity index (χ3n) is 3.03. The van der Waals surface area contributed by atoms with Crippen LogP contribution in [0.5, 0.6) is 5.75 Å². The molecule has 18 heavy (non-hydrogen) atoms. The average molecular weight is 269 g/mol. The molecule has 2 rings (SSSR count). The molecule has 1 saturated heterocycles. The normalized spacial score (nSPS) is 18.9. The number of amides is 2. The van der Waals surface area contributed by atoms with E-state index in [0.29, 0.717) is 18.0 Å². The number of rotatable bonds is 2.